The third-order valence-corrected chi connectivity index (χ3v) is 14.0. The van der Waals surface area contributed by atoms with Crippen LogP contribution in [-0.4, -0.2) is 15.8 Å². The Hall–Kier alpha value is -6.60. The number of furan rings is 1. The number of thiophene rings is 1. The fraction of sp³-hybridized carbons (Fsp3) is 0.0200. The number of nitrogens with zero attached hydrogens (tertiary/aromatic N) is 2. The fourth-order valence-electron chi connectivity index (χ4n) is 9.31. The van der Waals surface area contributed by atoms with Crippen molar-refractivity contribution in [1.29, 1.82) is 0 Å². The number of hydrogen-bond acceptors (Lipinski definition) is 5. The van der Waals surface area contributed by atoms with Crippen LogP contribution in [0.25, 0.3) is 91.6 Å². The maximum Gasteiger partial charge on any atom is 0.136 e. The summed E-state index contributed by atoms with van der Waals surface area (Å²) in [4.78, 5) is 6.86. The first kappa shape index (κ1) is 30.7. The van der Waals surface area contributed by atoms with Gasteiger partial charge in [-0.2, -0.15) is 0 Å². The summed E-state index contributed by atoms with van der Waals surface area (Å²) >= 11 is 3.76. The number of amidine groups is 1. The van der Waals surface area contributed by atoms with E-state index in [1.54, 1.807) is 0 Å². The minimum absolute atomic E-state index is 0.00313. The van der Waals surface area contributed by atoms with E-state index in [4.69, 9.17) is 9.41 Å². The van der Waals surface area contributed by atoms with Crippen molar-refractivity contribution in [2.45, 2.75) is 10.3 Å². The Morgan fingerprint density at radius 2 is 1.29 bits per heavy atom. The normalized spacial score (nSPS) is 15.4. The van der Waals surface area contributed by atoms with Crippen LogP contribution in [0.5, 0.6) is 0 Å². The van der Waals surface area contributed by atoms with Gasteiger partial charge in [0.1, 0.15) is 22.4 Å². The summed E-state index contributed by atoms with van der Waals surface area (Å²) in [6, 6.07) is 59.1. The lowest BCUT2D eigenvalue weighted by Gasteiger charge is -2.25. The molecule has 262 valence electrons. The predicted octanol–water partition coefficient (Wildman–Crippen LogP) is 13.6. The minimum Gasteiger partial charge on any atom is -0.456 e. The predicted molar refractivity (Wildman–Crippen MR) is 237 cm³/mol. The van der Waals surface area contributed by atoms with Gasteiger partial charge >= 0.3 is 0 Å². The van der Waals surface area contributed by atoms with E-state index in [9.17, 15) is 0 Å². The highest BCUT2D eigenvalue weighted by Gasteiger charge is 2.35. The molecular weight excluding hydrogens is 723 g/mol. The molecule has 1 atom stereocenters. The lowest BCUT2D eigenvalue weighted by atomic mass is 9.96. The minimum atomic E-state index is 0.00313. The zero-order valence-corrected chi connectivity index (χ0v) is 31.4. The fourth-order valence-corrected chi connectivity index (χ4v) is 11.8. The molecule has 6 heteroatoms. The lowest BCUT2D eigenvalue weighted by molar-refractivity contribution is 0.669. The Bertz CT molecular complexity index is 3560. The standard InChI is InChI=1S/C50H29N3OS2/c1-2-16-31-30(15-1)43-32-17-3-7-22-37(32)53(47(43)45-35-20-6-9-25-40(35)55-48(31)45)29-14-11-13-28(27-29)46-44-34-19-5-10-26-41(34)56-50(44)52-49(51-46)36-21-12-24-39-42(36)33-18-4-8-23-38(33)54-39/h1-27,50H,(H,51,52). The second-order valence-electron chi connectivity index (χ2n) is 14.6. The van der Waals surface area contributed by atoms with Crippen LogP contribution in [0.3, 0.4) is 0 Å². The van der Waals surface area contributed by atoms with E-state index in [1.165, 1.54) is 68.8 Å². The summed E-state index contributed by atoms with van der Waals surface area (Å²) in [6.45, 7) is 0. The number of hydrogen-bond donors (Lipinski definition) is 1. The van der Waals surface area contributed by atoms with E-state index in [-0.39, 0.29) is 5.37 Å². The number of fused-ring (bicyclic) bond motifs is 16. The molecule has 0 fully saturated rings. The van der Waals surface area contributed by atoms with Gasteiger partial charge < -0.3 is 14.3 Å². The zero-order chi connectivity index (χ0) is 36.5. The third-order valence-electron chi connectivity index (χ3n) is 11.6. The van der Waals surface area contributed by atoms with Crippen molar-refractivity contribution in [2.75, 3.05) is 0 Å². The van der Waals surface area contributed by atoms with E-state index in [0.717, 1.165) is 50.3 Å². The van der Waals surface area contributed by atoms with Crippen LogP contribution in [0.2, 0.25) is 0 Å². The molecule has 2 aliphatic heterocycles. The van der Waals surface area contributed by atoms with Gasteiger partial charge in [-0.1, -0.05) is 133 Å². The summed E-state index contributed by atoms with van der Waals surface area (Å²) < 4.78 is 11.5. The van der Waals surface area contributed by atoms with Crippen molar-refractivity contribution in [3.63, 3.8) is 0 Å². The molecule has 3 aromatic heterocycles. The van der Waals surface area contributed by atoms with Gasteiger partial charge in [-0.15, -0.1) is 11.3 Å². The first-order chi connectivity index (χ1) is 27.8. The quantitative estimate of drug-likeness (QED) is 0.195. The summed E-state index contributed by atoms with van der Waals surface area (Å²) in [7, 11) is 0. The average molecular weight is 752 g/mol. The van der Waals surface area contributed by atoms with Crippen LogP contribution < -0.4 is 5.32 Å². The number of benzene rings is 8. The van der Waals surface area contributed by atoms with Gasteiger partial charge in [0.15, 0.2) is 0 Å². The maximum absolute atomic E-state index is 6.34. The summed E-state index contributed by atoms with van der Waals surface area (Å²) in [5.41, 5.74) is 10.9. The molecule has 0 saturated heterocycles. The van der Waals surface area contributed by atoms with E-state index < -0.39 is 0 Å². The second kappa shape index (κ2) is 11.5. The van der Waals surface area contributed by atoms with Gasteiger partial charge in [-0.3, -0.25) is 0 Å². The van der Waals surface area contributed by atoms with E-state index in [0.29, 0.717) is 0 Å². The van der Waals surface area contributed by atoms with Crippen LogP contribution in [-0.2, 0) is 0 Å². The lowest BCUT2D eigenvalue weighted by Crippen LogP contribution is -2.35. The van der Waals surface area contributed by atoms with Crippen molar-refractivity contribution in [1.82, 2.24) is 9.88 Å². The number of rotatable bonds is 3. The van der Waals surface area contributed by atoms with Crippen molar-refractivity contribution in [2.24, 2.45) is 4.99 Å². The molecule has 0 radical (unpaired) electrons. The number of aromatic nitrogens is 1. The first-order valence-electron chi connectivity index (χ1n) is 18.9. The zero-order valence-electron chi connectivity index (χ0n) is 29.8. The van der Waals surface area contributed by atoms with Gasteiger partial charge in [-0.25, -0.2) is 4.99 Å². The molecule has 11 aromatic rings. The SMILES string of the molecule is c1cc(C2=C3c4ccccc4SC3NC(c3cccc4oc5ccccc5c34)=N2)cc(-n2c3ccccc3c3c4ccccc4c4sc5ccccc5c4c32)c1. The Morgan fingerprint density at radius 1 is 0.571 bits per heavy atom. The molecule has 13 rings (SSSR count). The molecule has 0 saturated carbocycles. The van der Waals surface area contributed by atoms with Gasteiger partial charge in [0, 0.05) is 74.4 Å². The molecule has 8 aromatic carbocycles. The Morgan fingerprint density at radius 3 is 2.21 bits per heavy atom. The van der Waals surface area contributed by atoms with E-state index >= 15 is 0 Å². The van der Waals surface area contributed by atoms with Crippen LogP contribution in [0.4, 0.5) is 0 Å². The molecule has 0 amide bonds. The number of thioether (sulfide) groups is 1. The molecule has 1 N–H and O–H groups in total. The second-order valence-corrected chi connectivity index (χ2v) is 16.8. The Kier molecular flexibility index (Phi) is 6.28. The third kappa shape index (κ3) is 4.17. The molecule has 0 spiro atoms. The molecule has 0 aliphatic carbocycles. The molecule has 5 heterocycles. The van der Waals surface area contributed by atoms with Crippen LogP contribution >= 0.6 is 23.1 Å². The first-order valence-corrected chi connectivity index (χ1v) is 20.6. The number of para-hydroxylation sites is 2. The van der Waals surface area contributed by atoms with Crippen LogP contribution in [0.1, 0.15) is 16.7 Å². The number of aliphatic imine (C=N–C) groups is 1. The highest BCUT2D eigenvalue weighted by atomic mass is 32.2. The number of nitrogens with one attached hydrogen (secondary N) is 1. The highest BCUT2D eigenvalue weighted by Crippen LogP contribution is 2.51. The average Bonchev–Trinajstić information content (AvgIpc) is 4.02. The van der Waals surface area contributed by atoms with Gasteiger partial charge in [0.05, 0.1) is 16.7 Å². The maximum atomic E-state index is 6.34. The van der Waals surface area contributed by atoms with Gasteiger partial charge in [0.2, 0.25) is 0 Å². The van der Waals surface area contributed by atoms with Crippen molar-refractivity contribution >= 4 is 115 Å². The summed E-state index contributed by atoms with van der Waals surface area (Å²) in [5.74, 6) is 0.853. The van der Waals surface area contributed by atoms with Crippen molar-refractivity contribution in [3.05, 3.63) is 180 Å². The largest absolute Gasteiger partial charge is 0.456 e. The summed E-state index contributed by atoms with van der Waals surface area (Å²) in [6.07, 6.45) is 0. The smallest absolute Gasteiger partial charge is 0.136 e. The molecule has 4 nitrogen and oxygen atoms in total. The van der Waals surface area contributed by atoms with Gasteiger partial charge in [-0.05, 0) is 53.4 Å². The molecule has 56 heavy (non-hydrogen) atoms. The monoisotopic (exact) mass is 751 g/mol. The molecule has 0 bridgehead atoms. The topological polar surface area (TPSA) is 42.5 Å². The molecule has 1 unspecified atom stereocenters. The summed E-state index contributed by atoms with van der Waals surface area (Å²) in [5, 5.41) is 13.8. The van der Waals surface area contributed by atoms with Gasteiger partial charge in [0.25, 0.3) is 0 Å². The highest BCUT2D eigenvalue weighted by molar-refractivity contribution is 8.00. The van der Waals surface area contributed by atoms with Crippen molar-refractivity contribution < 1.29 is 4.42 Å². The van der Waals surface area contributed by atoms with Crippen LogP contribution in [0, 0.1) is 0 Å². The molecule has 2 aliphatic rings. The van der Waals surface area contributed by atoms with E-state index in [2.05, 4.69) is 162 Å². The van der Waals surface area contributed by atoms with Crippen LogP contribution in [0.15, 0.2) is 178 Å². The Balaban J connectivity index is 1.11. The van der Waals surface area contributed by atoms with Crippen molar-refractivity contribution in [3.8, 4) is 5.69 Å². The Labute approximate surface area is 329 Å². The van der Waals surface area contributed by atoms with E-state index in [1.807, 2.05) is 35.2 Å². The molecular formula is C50H29N3OS2.